The molecule has 1 fully saturated rings. The lowest BCUT2D eigenvalue weighted by Gasteiger charge is -2.32. The van der Waals surface area contributed by atoms with Crippen molar-refractivity contribution in [3.05, 3.63) is 11.1 Å². The molecule has 0 atom stereocenters. The van der Waals surface area contributed by atoms with Gasteiger partial charge in [-0.1, -0.05) is 6.92 Å². The van der Waals surface area contributed by atoms with Crippen molar-refractivity contribution in [3.63, 3.8) is 0 Å². The fraction of sp³-hybridized carbons (Fsp3) is 0.643. The molecule has 1 aliphatic rings. The van der Waals surface area contributed by atoms with Gasteiger partial charge in [0.05, 0.1) is 0 Å². The molecule has 0 aromatic carbocycles. The number of nitrogens with one attached hydrogen (secondary N) is 1. The maximum absolute atomic E-state index is 12.1. The van der Waals surface area contributed by atoms with Crippen molar-refractivity contribution in [1.82, 2.24) is 10.2 Å². The third kappa shape index (κ3) is 4.08. The third-order valence-corrected chi connectivity index (χ3v) is 3.67. The first-order valence-electron chi connectivity index (χ1n) is 6.86. The lowest BCUT2D eigenvalue weighted by molar-refractivity contribution is -0.134. The maximum Gasteiger partial charge on any atom is 0.331 e. The van der Waals surface area contributed by atoms with Crippen LogP contribution in [0.3, 0.4) is 0 Å². The zero-order valence-electron chi connectivity index (χ0n) is 12.2. The first kappa shape index (κ1) is 16.2. The second kappa shape index (κ2) is 7.07. The van der Waals surface area contributed by atoms with E-state index in [2.05, 4.69) is 5.32 Å². The van der Waals surface area contributed by atoms with Crippen LogP contribution >= 0.6 is 0 Å². The average molecular weight is 282 g/mol. The lowest BCUT2D eigenvalue weighted by Crippen LogP contribution is -2.46. The van der Waals surface area contributed by atoms with E-state index in [1.807, 2.05) is 0 Å². The quantitative estimate of drug-likeness (QED) is 0.751. The van der Waals surface area contributed by atoms with Crippen LogP contribution in [0.4, 0.5) is 0 Å². The highest BCUT2D eigenvalue weighted by Gasteiger charge is 2.25. The fourth-order valence-electron chi connectivity index (χ4n) is 2.11. The number of carbonyl (C=O) groups is 3. The van der Waals surface area contributed by atoms with Crippen LogP contribution in [0.5, 0.6) is 0 Å². The predicted molar refractivity (Wildman–Crippen MR) is 74.0 cm³/mol. The molecule has 1 heterocycles. The summed E-state index contributed by atoms with van der Waals surface area (Å²) in [6, 6.07) is 0.108. The van der Waals surface area contributed by atoms with Crippen molar-refractivity contribution in [2.75, 3.05) is 13.1 Å². The van der Waals surface area contributed by atoms with Gasteiger partial charge in [0.1, 0.15) is 0 Å². The van der Waals surface area contributed by atoms with E-state index in [4.69, 9.17) is 5.11 Å². The Morgan fingerprint density at radius 2 is 1.70 bits per heavy atom. The number of amides is 2. The Balaban J connectivity index is 2.57. The Kier molecular flexibility index (Phi) is 5.73. The maximum atomic E-state index is 12.1. The molecule has 1 aliphatic heterocycles. The summed E-state index contributed by atoms with van der Waals surface area (Å²) in [6.07, 6.45) is 1.87. The van der Waals surface area contributed by atoms with Crippen LogP contribution in [0.2, 0.25) is 0 Å². The van der Waals surface area contributed by atoms with Crippen molar-refractivity contribution in [3.8, 4) is 0 Å². The Morgan fingerprint density at radius 1 is 1.15 bits per heavy atom. The first-order valence-corrected chi connectivity index (χ1v) is 6.86. The highest BCUT2D eigenvalue weighted by atomic mass is 16.4. The van der Waals surface area contributed by atoms with Crippen LogP contribution in [0.1, 0.15) is 40.0 Å². The summed E-state index contributed by atoms with van der Waals surface area (Å²) in [4.78, 5) is 36.0. The molecule has 0 aromatic heterocycles. The number of hydrogen-bond acceptors (Lipinski definition) is 3. The van der Waals surface area contributed by atoms with Gasteiger partial charge in [0.2, 0.25) is 11.8 Å². The number of likely N-dealkylation sites (tertiary alicyclic amines) is 1. The summed E-state index contributed by atoms with van der Waals surface area (Å²) in [5, 5.41) is 11.8. The lowest BCUT2D eigenvalue weighted by atomic mass is 10.0. The van der Waals surface area contributed by atoms with Crippen molar-refractivity contribution in [2.24, 2.45) is 0 Å². The van der Waals surface area contributed by atoms with Crippen molar-refractivity contribution < 1.29 is 19.5 Å². The first-order chi connectivity index (χ1) is 9.36. The topological polar surface area (TPSA) is 86.7 Å². The molecule has 0 saturated carbocycles. The number of rotatable bonds is 4. The van der Waals surface area contributed by atoms with Crippen LogP contribution in [-0.2, 0) is 14.4 Å². The van der Waals surface area contributed by atoms with Gasteiger partial charge in [-0.2, -0.15) is 0 Å². The van der Waals surface area contributed by atoms with Crippen LogP contribution < -0.4 is 5.32 Å². The largest absolute Gasteiger partial charge is 0.478 e. The van der Waals surface area contributed by atoms with Crippen LogP contribution in [-0.4, -0.2) is 46.9 Å². The van der Waals surface area contributed by atoms with Gasteiger partial charge in [0.15, 0.2) is 0 Å². The molecule has 20 heavy (non-hydrogen) atoms. The van der Waals surface area contributed by atoms with E-state index in [0.717, 1.165) is 0 Å². The van der Waals surface area contributed by atoms with Gasteiger partial charge in [-0.15, -0.1) is 0 Å². The summed E-state index contributed by atoms with van der Waals surface area (Å²) in [5.74, 6) is -1.28. The summed E-state index contributed by atoms with van der Waals surface area (Å²) >= 11 is 0. The zero-order valence-corrected chi connectivity index (χ0v) is 12.2. The smallest absolute Gasteiger partial charge is 0.331 e. The van der Waals surface area contributed by atoms with Gasteiger partial charge >= 0.3 is 5.97 Å². The number of carboxylic acid groups (broad SMARTS) is 1. The standard InChI is InChI=1S/C14H22N2O4/c1-4-12(17)15-11-5-7-16(8-6-11)13(18)9(2)10(3)14(19)20/h11H,4-8H2,1-3H3,(H,15,17)(H,19,20). The van der Waals surface area contributed by atoms with Gasteiger partial charge in [-0.3, -0.25) is 9.59 Å². The molecular weight excluding hydrogens is 260 g/mol. The average Bonchev–Trinajstić information content (AvgIpc) is 2.45. The van der Waals surface area contributed by atoms with Crippen molar-refractivity contribution in [2.45, 2.75) is 46.1 Å². The number of aliphatic carboxylic acids is 1. The monoisotopic (exact) mass is 282 g/mol. The SMILES string of the molecule is CCC(=O)NC1CCN(C(=O)C(C)=C(C)C(=O)O)CC1. The molecule has 0 aromatic rings. The minimum Gasteiger partial charge on any atom is -0.478 e. The van der Waals surface area contributed by atoms with E-state index in [9.17, 15) is 14.4 Å². The predicted octanol–water partition coefficient (Wildman–Crippen LogP) is 0.925. The summed E-state index contributed by atoms with van der Waals surface area (Å²) in [5.41, 5.74) is 0.352. The molecule has 0 radical (unpaired) electrons. The van der Waals surface area contributed by atoms with E-state index in [1.165, 1.54) is 13.8 Å². The number of piperidine rings is 1. The van der Waals surface area contributed by atoms with E-state index in [-0.39, 0.29) is 29.0 Å². The van der Waals surface area contributed by atoms with Crippen LogP contribution in [0, 0.1) is 0 Å². The fourth-order valence-corrected chi connectivity index (χ4v) is 2.11. The second-order valence-electron chi connectivity index (χ2n) is 5.04. The molecule has 0 spiro atoms. The van der Waals surface area contributed by atoms with E-state index < -0.39 is 5.97 Å². The van der Waals surface area contributed by atoms with Gasteiger partial charge in [-0.25, -0.2) is 4.79 Å². The molecule has 2 amide bonds. The molecule has 2 N–H and O–H groups in total. The molecule has 1 rings (SSSR count). The highest BCUT2D eigenvalue weighted by molar-refractivity contribution is 6.01. The third-order valence-electron chi connectivity index (χ3n) is 3.67. The second-order valence-corrected chi connectivity index (χ2v) is 5.04. The van der Waals surface area contributed by atoms with E-state index in [0.29, 0.717) is 32.4 Å². The van der Waals surface area contributed by atoms with Crippen molar-refractivity contribution >= 4 is 17.8 Å². The van der Waals surface area contributed by atoms with Gasteiger partial charge < -0.3 is 15.3 Å². The van der Waals surface area contributed by atoms with Crippen LogP contribution in [0.25, 0.3) is 0 Å². The zero-order chi connectivity index (χ0) is 15.3. The molecule has 6 heteroatoms. The highest BCUT2D eigenvalue weighted by Crippen LogP contribution is 2.15. The Hall–Kier alpha value is -1.85. The summed E-state index contributed by atoms with van der Waals surface area (Å²) < 4.78 is 0. The number of carbonyl (C=O) groups excluding carboxylic acids is 2. The van der Waals surface area contributed by atoms with Gasteiger partial charge in [-0.05, 0) is 26.7 Å². The minimum absolute atomic E-state index is 0.0209. The van der Waals surface area contributed by atoms with Crippen molar-refractivity contribution in [1.29, 1.82) is 0 Å². The van der Waals surface area contributed by atoms with E-state index in [1.54, 1.807) is 11.8 Å². The van der Waals surface area contributed by atoms with Gasteiger partial charge in [0, 0.05) is 36.7 Å². The molecule has 112 valence electrons. The summed E-state index contributed by atoms with van der Waals surface area (Å²) in [7, 11) is 0. The minimum atomic E-state index is -1.07. The van der Waals surface area contributed by atoms with E-state index >= 15 is 0 Å². The normalized spacial score (nSPS) is 17.4. The Morgan fingerprint density at radius 3 is 2.15 bits per heavy atom. The molecule has 6 nitrogen and oxygen atoms in total. The Labute approximate surface area is 118 Å². The molecule has 0 bridgehead atoms. The molecule has 0 unspecified atom stereocenters. The number of nitrogens with zero attached hydrogens (tertiary/aromatic N) is 1. The molecule has 1 saturated heterocycles. The Bertz CT molecular complexity index is 434. The number of hydrogen-bond donors (Lipinski definition) is 2. The summed E-state index contributed by atoms with van der Waals surface area (Å²) in [6.45, 7) is 5.85. The van der Waals surface area contributed by atoms with Gasteiger partial charge in [0.25, 0.3) is 0 Å². The molecule has 0 aliphatic carbocycles. The van der Waals surface area contributed by atoms with Crippen LogP contribution in [0.15, 0.2) is 11.1 Å². The molecular formula is C14H22N2O4. The number of carboxylic acids is 1.